The number of rotatable bonds is 11. The van der Waals surface area contributed by atoms with Crippen LogP contribution in [0.5, 0.6) is 0 Å². The van der Waals surface area contributed by atoms with Crippen LogP contribution in [0.4, 0.5) is 16.9 Å². The number of amides is 1. The van der Waals surface area contributed by atoms with Gasteiger partial charge in [-0.3, -0.25) is 9.69 Å². The van der Waals surface area contributed by atoms with Crippen molar-refractivity contribution >= 4 is 44.5 Å². The van der Waals surface area contributed by atoms with E-state index in [0.717, 1.165) is 54.0 Å². The van der Waals surface area contributed by atoms with Crippen molar-refractivity contribution in [3.63, 3.8) is 0 Å². The monoisotopic (exact) mass is 497 g/mol. The topological polar surface area (TPSA) is 120 Å². The van der Waals surface area contributed by atoms with Gasteiger partial charge in [0.15, 0.2) is 5.13 Å². The van der Waals surface area contributed by atoms with E-state index in [0.29, 0.717) is 31.4 Å². The van der Waals surface area contributed by atoms with Crippen LogP contribution in [0, 0.1) is 0 Å². The van der Waals surface area contributed by atoms with Gasteiger partial charge < -0.3 is 25.6 Å². The molecular formula is C23H31N9O2S. The van der Waals surface area contributed by atoms with Gasteiger partial charge in [-0.05, 0) is 26.2 Å². The van der Waals surface area contributed by atoms with E-state index in [1.54, 1.807) is 12.3 Å². The van der Waals surface area contributed by atoms with Gasteiger partial charge >= 0.3 is 0 Å². The van der Waals surface area contributed by atoms with E-state index < -0.39 is 0 Å². The number of hydrogen-bond acceptors (Lipinski definition) is 11. The maximum atomic E-state index is 11.9. The van der Waals surface area contributed by atoms with Crippen LogP contribution in [-0.4, -0.2) is 95.7 Å². The molecule has 0 aromatic carbocycles. The molecule has 0 spiro atoms. The number of carbonyl (C=O) groups is 1. The Kier molecular flexibility index (Phi) is 8.90. The van der Waals surface area contributed by atoms with E-state index in [1.807, 2.05) is 43.3 Å². The van der Waals surface area contributed by atoms with Crippen LogP contribution in [-0.2, 0) is 16.1 Å². The zero-order valence-corrected chi connectivity index (χ0v) is 20.8. The number of nitrogens with zero attached hydrogens (tertiary/aromatic N) is 6. The summed E-state index contributed by atoms with van der Waals surface area (Å²) in [5.41, 5.74) is 1.73. The van der Waals surface area contributed by atoms with Gasteiger partial charge in [-0.25, -0.2) is 15.0 Å². The molecule has 0 bridgehead atoms. The van der Waals surface area contributed by atoms with Crippen LogP contribution < -0.4 is 16.0 Å². The van der Waals surface area contributed by atoms with Crippen molar-refractivity contribution in [1.29, 1.82) is 0 Å². The van der Waals surface area contributed by atoms with E-state index >= 15 is 0 Å². The molecular weight excluding hydrogens is 466 g/mol. The molecule has 3 aromatic heterocycles. The third-order valence-electron chi connectivity index (χ3n) is 5.12. The van der Waals surface area contributed by atoms with Crippen molar-refractivity contribution in [3.05, 3.63) is 42.2 Å². The average molecular weight is 498 g/mol. The number of morpholine rings is 1. The Hall–Kier alpha value is -3.19. The lowest BCUT2D eigenvalue weighted by atomic mass is 10.3. The lowest BCUT2D eigenvalue weighted by molar-refractivity contribution is -0.116. The second-order valence-electron chi connectivity index (χ2n) is 8.31. The molecule has 3 N–H and O–H groups in total. The molecule has 3 aromatic rings. The van der Waals surface area contributed by atoms with Crippen molar-refractivity contribution in [2.75, 3.05) is 70.7 Å². The largest absolute Gasteiger partial charge is 0.379 e. The smallest absolute Gasteiger partial charge is 0.243 e. The molecule has 1 fully saturated rings. The first-order chi connectivity index (χ1) is 17.0. The lowest BCUT2D eigenvalue weighted by Crippen LogP contribution is -2.36. The molecule has 1 saturated heterocycles. The van der Waals surface area contributed by atoms with Crippen molar-refractivity contribution < 1.29 is 9.53 Å². The van der Waals surface area contributed by atoms with Crippen LogP contribution in [0.3, 0.4) is 0 Å². The van der Waals surface area contributed by atoms with Crippen LogP contribution in [0.15, 0.2) is 36.5 Å². The van der Waals surface area contributed by atoms with E-state index in [1.165, 1.54) is 11.3 Å². The van der Waals surface area contributed by atoms with Gasteiger partial charge in [-0.2, -0.15) is 4.98 Å². The Morgan fingerprint density at radius 3 is 2.89 bits per heavy atom. The summed E-state index contributed by atoms with van der Waals surface area (Å²) < 4.78 is 5.46. The van der Waals surface area contributed by atoms with Gasteiger partial charge in [-0.1, -0.05) is 17.4 Å². The molecule has 0 radical (unpaired) electrons. The number of pyridine rings is 1. The molecule has 11 nitrogen and oxygen atoms in total. The Balaban J connectivity index is 1.40. The normalized spacial score (nSPS) is 14.6. The van der Waals surface area contributed by atoms with Gasteiger partial charge in [0.2, 0.25) is 11.9 Å². The Morgan fingerprint density at radius 2 is 2.09 bits per heavy atom. The summed E-state index contributed by atoms with van der Waals surface area (Å²) in [5, 5.41) is 10.1. The first-order valence-electron chi connectivity index (χ1n) is 11.5. The number of fused-ring (bicyclic) bond motifs is 1. The van der Waals surface area contributed by atoms with Crippen molar-refractivity contribution in [2.24, 2.45) is 0 Å². The van der Waals surface area contributed by atoms with E-state index in [-0.39, 0.29) is 5.91 Å². The van der Waals surface area contributed by atoms with Crippen molar-refractivity contribution in [1.82, 2.24) is 35.1 Å². The van der Waals surface area contributed by atoms with Gasteiger partial charge in [0.1, 0.15) is 16.2 Å². The van der Waals surface area contributed by atoms with Crippen LogP contribution >= 0.6 is 11.3 Å². The third-order valence-corrected chi connectivity index (χ3v) is 6.01. The van der Waals surface area contributed by atoms with Gasteiger partial charge in [0.25, 0.3) is 0 Å². The SMILES string of the molecule is CN(C)C/C=C/C(=O)NCCNc1nc(CN2CCOCC2)cc(Nc2nc3cccnc3s2)n1. The fourth-order valence-electron chi connectivity index (χ4n) is 3.43. The second kappa shape index (κ2) is 12.5. The predicted octanol–water partition coefficient (Wildman–Crippen LogP) is 1.70. The highest BCUT2D eigenvalue weighted by Crippen LogP contribution is 2.26. The maximum Gasteiger partial charge on any atom is 0.243 e. The minimum Gasteiger partial charge on any atom is -0.379 e. The Labute approximate surface area is 208 Å². The lowest BCUT2D eigenvalue weighted by Gasteiger charge is -2.26. The van der Waals surface area contributed by atoms with Crippen LogP contribution in [0.25, 0.3) is 10.3 Å². The molecule has 1 aliphatic rings. The molecule has 0 aliphatic carbocycles. The average Bonchev–Trinajstić information content (AvgIpc) is 3.24. The van der Waals surface area contributed by atoms with Crippen molar-refractivity contribution in [2.45, 2.75) is 6.54 Å². The van der Waals surface area contributed by atoms with E-state index in [2.05, 4.69) is 35.8 Å². The van der Waals surface area contributed by atoms with Crippen molar-refractivity contribution in [3.8, 4) is 0 Å². The van der Waals surface area contributed by atoms with E-state index in [4.69, 9.17) is 9.72 Å². The minimum absolute atomic E-state index is 0.123. The summed E-state index contributed by atoms with van der Waals surface area (Å²) in [6.45, 7) is 5.55. The summed E-state index contributed by atoms with van der Waals surface area (Å²) in [6.07, 6.45) is 5.14. The molecule has 1 amide bonds. The predicted molar refractivity (Wildman–Crippen MR) is 138 cm³/mol. The number of ether oxygens (including phenoxy) is 1. The van der Waals surface area contributed by atoms with Gasteiger partial charge in [0, 0.05) is 57.6 Å². The molecule has 4 rings (SSSR count). The molecule has 1 aliphatic heterocycles. The molecule has 35 heavy (non-hydrogen) atoms. The summed E-state index contributed by atoms with van der Waals surface area (Å²) in [4.78, 5) is 35.4. The Morgan fingerprint density at radius 1 is 1.23 bits per heavy atom. The Bertz CT molecular complexity index is 1110. The second-order valence-corrected chi connectivity index (χ2v) is 9.29. The number of anilines is 3. The number of carbonyl (C=O) groups excluding carboxylic acids is 1. The molecule has 4 heterocycles. The summed E-state index contributed by atoms with van der Waals surface area (Å²) in [5.74, 6) is 1.03. The number of nitrogens with one attached hydrogen (secondary N) is 3. The molecule has 0 saturated carbocycles. The summed E-state index contributed by atoms with van der Waals surface area (Å²) in [7, 11) is 3.91. The molecule has 12 heteroatoms. The minimum atomic E-state index is -0.123. The zero-order valence-electron chi connectivity index (χ0n) is 20.0. The number of aromatic nitrogens is 4. The van der Waals surface area contributed by atoms with Gasteiger partial charge in [0.05, 0.1) is 18.9 Å². The third kappa shape index (κ3) is 7.92. The molecule has 0 atom stereocenters. The first-order valence-corrected chi connectivity index (χ1v) is 12.4. The highest BCUT2D eigenvalue weighted by molar-refractivity contribution is 7.21. The fourth-order valence-corrected chi connectivity index (χ4v) is 4.25. The van der Waals surface area contributed by atoms with Crippen LogP contribution in [0.2, 0.25) is 0 Å². The zero-order chi connectivity index (χ0) is 24.5. The summed E-state index contributed by atoms with van der Waals surface area (Å²) >= 11 is 1.47. The first kappa shape index (κ1) is 24.9. The number of hydrogen-bond donors (Lipinski definition) is 3. The molecule has 0 unspecified atom stereocenters. The number of thiazole rings is 1. The number of likely N-dealkylation sites (N-methyl/N-ethyl adjacent to an activating group) is 1. The van der Waals surface area contributed by atoms with Gasteiger partial charge in [-0.15, -0.1) is 0 Å². The standard InChI is InChI=1S/C23H31N9O2S/c1-31(2)10-4-6-20(33)24-8-9-26-22-27-17(16-32-11-13-34-14-12-32)15-19(29-22)30-23-28-18-5-3-7-25-21(18)35-23/h3-7,15H,8-14,16H2,1-2H3,(H,24,33)(H2,26,27,28,29,30)/b6-4+. The van der Waals surface area contributed by atoms with E-state index in [9.17, 15) is 4.79 Å². The highest BCUT2D eigenvalue weighted by Gasteiger charge is 2.14. The summed E-state index contributed by atoms with van der Waals surface area (Å²) in [6, 6.07) is 5.75. The molecule has 186 valence electrons. The van der Waals surface area contributed by atoms with Crippen LogP contribution in [0.1, 0.15) is 5.69 Å². The fraction of sp³-hybridized carbons (Fsp3) is 0.435. The maximum absolute atomic E-state index is 11.9. The highest BCUT2D eigenvalue weighted by atomic mass is 32.1. The quantitative estimate of drug-likeness (QED) is 0.267.